The number of carboxylic acids is 1. The molecule has 0 aliphatic carbocycles. The summed E-state index contributed by atoms with van der Waals surface area (Å²) in [6.07, 6.45) is 1.14. The van der Waals surface area contributed by atoms with Crippen LogP contribution in [0.15, 0.2) is 22.9 Å². The number of oxazole rings is 1. The van der Waals surface area contributed by atoms with Crippen LogP contribution in [0.5, 0.6) is 5.75 Å². The highest BCUT2D eigenvalue weighted by Gasteiger charge is 2.20. The largest absolute Gasteiger partial charge is 0.496 e. The van der Waals surface area contributed by atoms with Gasteiger partial charge in [0.05, 0.1) is 7.11 Å². The molecule has 5 heteroatoms. The van der Waals surface area contributed by atoms with Crippen molar-refractivity contribution >= 4 is 5.97 Å². The molecule has 0 unspecified atom stereocenters. The lowest BCUT2D eigenvalue weighted by atomic mass is 9.99. The minimum Gasteiger partial charge on any atom is -0.496 e. The Balaban J connectivity index is 2.62. The first-order chi connectivity index (χ1) is 8.56. The van der Waals surface area contributed by atoms with Crippen molar-refractivity contribution in [2.45, 2.75) is 13.8 Å². The van der Waals surface area contributed by atoms with Crippen molar-refractivity contribution in [2.75, 3.05) is 7.11 Å². The molecule has 1 N–H and O–H groups in total. The van der Waals surface area contributed by atoms with Crippen LogP contribution in [0.2, 0.25) is 0 Å². The van der Waals surface area contributed by atoms with Gasteiger partial charge in [-0.3, -0.25) is 0 Å². The Labute approximate surface area is 104 Å². The van der Waals surface area contributed by atoms with E-state index < -0.39 is 5.97 Å². The maximum atomic E-state index is 11.0. The number of ether oxygens (including phenoxy) is 1. The van der Waals surface area contributed by atoms with E-state index in [1.54, 1.807) is 19.2 Å². The van der Waals surface area contributed by atoms with E-state index in [0.717, 1.165) is 28.8 Å². The summed E-state index contributed by atoms with van der Waals surface area (Å²) in [6.45, 7) is 3.81. The van der Waals surface area contributed by atoms with Crippen LogP contribution in [-0.2, 0) is 0 Å². The van der Waals surface area contributed by atoms with Crippen LogP contribution >= 0.6 is 0 Å². The molecule has 0 amide bonds. The van der Waals surface area contributed by atoms with Crippen molar-refractivity contribution in [1.29, 1.82) is 0 Å². The minimum absolute atomic E-state index is 0.150. The van der Waals surface area contributed by atoms with Crippen molar-refractivity contribution in [3.05, 3.63) is 35.4 Å². The Morgan fingerprint density at radius 2 is 2.06 bits per heavy atom. The predicted molar refractivity (Wildman–Crippen MR) is 64.9 cm³/mol. The molecule has 0 saturated heterocycles. The smallest absolute Gasteiger partial charge is 0.374 e. The van der Waals surface area contributed by atoms with Crippen molar-refractivity contribution in [2.24, 2.45) is 0 Å². The molecule has 0 bridgehead atoms. The molecular weight excluding hydrogens is 234 g/mol. The molecule has 2 rings (SSSR count). The van der Waals surface area contributed by atoms with Gasteiger partial charge in [-0.25, -0.2) is 9.78 Å². The second-order valence-electron chi connectivity index (χ2n) is 3.90. The first-order valence-corrected chi connectivity index (χ1v) is 5.37. The average Bonchev–Trinajstić information content (AvgIpc) is 2.81. The van der Waals surface area contributed by atoms with Crippen molar-refractivity contribution in [1.82, 2.24) is 4.98 Å². The van der Waals surface area contributed by atoms with Crippen LogP contribution in [0.1, 0.15) is 21.7 Å². The predicted octanol–water partition coefficient (Wildman–Crippen LogP) is 2.67. The molecule has 1 aromatic carbocycles. The topological polar surface area (TPSA) is 72.6 Å². The molecule has 0 spiro atoms. The van der Waals surface area contributed by atoms with Gasteiger partial charge in [0.2, 0.25) is 5.76 Å². The van der Waals surface area contributed by atoms with Gasteiger partial charge in [0, 0.05) is 5.56 Å². The minimum atomic E-state index is -1.13. The van der Waals surface area contributed by atoms with Crippen LogP contribution in [0.4, 0.5) is 0 Å². The number of nitrogens with zero attached hydrogens (tertiary/aromatic N) is 1. The van der Waals surface area contributed by atoms with Crippen LogP contribution < -0.4 is 4.74 Å². The Hall–Kier alpha value is -2.30. The first kappa shape index (κ1) is 12.2. The van der Waals surface area contributed by atoms with Gasteiger partial charge >= 0.3 is 5.97 Å². The average molecular weight is 247 g/mol. The van der Waals surface area contributed by atoms with Gasteiger partial charge < -0.3 is 14.3 Å². The monoisotopic (exact) mass is 247 g/mol. The van der Waals surface area contributed by atoms with Crippen molar-refractivity contribution < 1.29 is 19.1 Å². The zero-order valence-corrected chi connectivity index (χ0v) is 10.4. The van der Waals surface area contributed by atoms with Crippen LogP contribution in [-0.4, -0.2) is 23.2 Å². The summed E-state index contributed by atoms with van der Waals surface area (Å²) in [5.41, 5.74) is 2.95. The molecule has 2 aromatic rings. The number of hydrogen-bond acceptors (Lipinski definition) is 4. The fraction of sp³-hybridized carbons (Fsp3) is 0.231. The van der Waals surface area contributed by atoms with E-state index in [2.05, 4.69) is 4.98 Å². The molecular formula is C13H13NO4. The maximum absolute atomic E-state index is 11.0. The number of aromatic nitrogens is 1. The van der Waals surface area contributed by atoms with Gasteiger partial charge in [-0.1, -0.05) is 0 Å². The Morgan fingerprint density at radius 1 is 1.33 bits per heavy atom. The van der Waals surface area contributed by atoms with Crippen LogP contribution in [0, 0.1) is 13.8 Å². The van der Waals surface area contributed by atoms with E-state index in [1.165, 1.54) is 0 Å². The third-order valence-corrected chi connectivity index (χ3v) is 2.97. The fourth-order valence-corrected chi connectivity index (χ4v) is 1.86. The molecule has 94 valence electrons. The third kappa shape index (κ3) is 1.84. The normalized spacial score (nSPS) is 10.4. The number of carboxylic acid groups (broad SMARTS) is 1. The van der Waals surface area contributed by atoms with E-state index >= 15 is 0 Å². The van der Waals surface area contributed by atoms with Gasteiger partial charge in [0.25, 0.3) is 0 Å². The van der Waals surface area contributed by atoms with E-state index in [0.29, 0.717) is 5.69 Å². The number of benzene rings is 1. The van der Waals surface area contributed by atoms with Crippen molar-refractivity contribution in [3.8, 4) is 17.0 Å². The lowest BCUT2D eigenvalue weighted by Gasteiger charge is -2.11. The number of aromatic carboxylic acids is 1. The molecule has 0 radical (unpaired) electrons. The second-order valence-corrected chi connectivity index (χ2v) is 3.90. The summed E-state index contributed by atoms with van der Waals surface area (Å²) in [5.74, 6) is -0.519. The van der Waals surface area contributed by atoms with E-state index in [9.17, 15) is 4.79 Å². The summed E-state index contributed by atoms with van der Waals surface area (Å²) in [5, 5.41) is 9.02. The number of carbonyl (C=O) groups is 1. The summed E-state index contributed by atoms with van der Waals surface area (Å²) < 4.78 is 10.1. The lowest BCUT2D eigenvalue weighted by molar-refractivity contribution is 0.0663. The molecule has 0 saturated carbocycles. The van der Waals surface area contributed by atoms with Crippen LogP contribution in [0.3, 0.4) is 0 Å². The molecule has 1 heterocycles. The lowest BCUT2D eigenvalue weighted by Crippen LogP contribution is -1.99. The Morgan fingerprint density at radius 3 is 2.67 bits per heavy atom. The molecule has 0 aliphatic heterocycles. The van der Waals surface area contributed by atoms with Crippen molar-refractivity contribution in [3.63, 3.8) is 0 Å². The molecule has 18 heavy (non-hydrogen) atoms. The molecule has 1 aromatic heterocycles. The zero-order valence-electron chi connectivity index (χ0n) is 10.4. The quantitative estimate of drug-likeness (QED) is 0.902. The first-order valence-electron chi connectivity index (χ1n) is 5.37. The summed E-state index contributed by atoms with van der Waals surface area (Å²) in [4.78, 5) is 15.0. The fourth-order valence-electron chi connectivity index (χ4n) is 1.86. The molecule has 0 fully saturated rings. The highest BCUT2D eigenvalue weighted by Crippen LogP contribution is 2.31. The van der Waals surface area contributed by atoms with E-state index in [4.69, 9.17) is 14.3 Å². The van der Waals surface area contributed by atoms with Gasteiger partial charge in [0.15, 0.2) is 6.39 Å². The van der Waals surface area contributed by atoms with Gasteiger partial charge in [-0.2, -0.15) is 0 Å². The Kier molecular flexibility index (Phi) is 3.06. The maximum Gasteiger partial charge on any atom is 0.374 e. The van der Waals surface area contributed by atoms with Gasteiger partial charge in [-0.05, 0) is 37.1 Å². The second kappa shape index (κ2) is 4.52. The SMILES string of the molecule is COc1ccc(-c2ncoc2C(=O)O)c(C)c1C. The van der Waals surface area contributed by atoms with E-state index in [1.807, 2.05) is 13.8 Å². The van der Waals surface area contributed by atoms with Crippen LogP contribution in [0.25, 0.3) is 11.3 Å². The number of rotatable bonds is 3. The Bertz CT molecular complexity index is 601. The van der Waals surface area contributed by atoms with Gasteiger partial charge in [-0.15, -0.1) is 0 Å². The third-order valence-electron chi connectivity index (χ3n) is 2.97. The molecule has 0 aliphatic rings. The number of hydrogen-bond donors (Lipinski definition) is 1. The highest BCUT2D eigenvalue weighted by atomic mass is 16.5. The van der Waals surface area contributed by atoms with Gasteiger partial charge in [0.1, 0.15) is 11.4 Å². The molecule has 0 atom stereocenters. The summed E-state index contributed by atoms with van der Waals surface area (Å²) in [6, 6.07) is 3.57. The highest BCUT2D eigenvalue weighted by molar-refractivity contribution is 5.92. The summed E-state index contributed by atoms with van der Waals surface area (Å²) in [7, 11) is 1.60. The molecule has 5 nitrogen and oxygen atoms in total. The van der Waals surface area contributed by atoms with E-state index in [-0.39, 0.29) is 5.76 Å². The standard InChI is InChI=1S/C13H13NO4/c1-7-8(2)10(17-3)5-4-9(7)11-12(13(15)16)18-6-14-11/h4-6H,1-3H3,(H,15,16). The summed E-state index contributed by atoms with van der Waals surface area (Å²) >= 11 is 0. The zero-order chi connectivity index (χ0) is 13.3. The number of methoxy groups -OCH3 is 1.